The summed E-state index contributed by atoms with van der Waals surface area (Å²) in [6, 6.07) is 15.7. The summed E-state index contributed by atoms with van der Waals surface area (Å²) in [6.07, 6.45) is 1.84. The third-order valence-corrected chi connectivity index (χ3v) is 6.07. The van der Waals surface area contributed by atoms with Crippen LogP contribution in [0, 0.1) is 5.82 Å². The first-order chi connectivity index (χ1) is 15.5. The fraction of sp³-hybridized carbons (Fsp3) is 0.480. The van der Waals surface area contributed by atoms with Crippen LogP contribution in [-0.2, 0) is 11.3 Å². The molecule has 33 heavy (non-hydrogen) atoms. The first-order valence-corrected chi connectivity index (χ1v) is 11.1. The van der Waals surface area contributed by atoms with Gasteiger partial charge in [0.15, 0.2) is 17.5 Å². The molecule has 1 saturated heterocycles. The highest BCUT2D eigenvalue weighted by Crippen LogP contribution is 2.25. The second kappa shape index (κ2) is 13.1. The van der Waals surface area contributed by atoms with E-state index in [-0.39, 0.29) is 47.1 Å². The summed E-state index contributed by atoms with van der Waals surface area (Å²) in [5.41, 5.74) is 2.02. The summed E-state index contributed by atoms with van der Waals surface area (Å²) in [5.74, 6) is 0.654. The van der Waals surface area contributed by atoms with E-state index in [1.807, 2.05) is 24.1 Å². The molecule has 1 aliphatic heterocycles. The van der Waals surface area contributed by atoms with Gasteiger partial charge in [-0.15, -0.1) is 24.0 Å². The average molecular weight is 570 g/mol. The molecule has 182 valence electrons. The van der Waals surface area contributed by atoms with Crippen molar-refractivity contribution in [1.29, 1.82) is 0 Å². The number of nitrogens with one attached hydrogen (secondary N) is 2. The standard InChI is InChI=1S/C25H35FN4O2.HI/c1-19(21-8-6-5-7-9-21)29-25(12-14-32-15-13-25)18-28-24(27-2)30(3)17-20-10-11-23(31-4)22(26)16-20;/h5-11,16,19,29H,12-15,17-18H2,1-4H3,(H,27,28);1H. The molecule has 6 nitrogen and oxygen atoms in total. The highest BCUT2D eigenvalue weighted by molar-refractivity contribution is 14.0. The van der Waals surface area contributed by atoms with Crippen molar-refractivity contribution in [2.75, 3.05) is 41.0 Å². The van der Waals surface area contributed by atoms with Crippen molar-refractivity contribution in [1.82, 2.24) is 15.5 Å². The Labute approximate surface area is 214 Å². The molecule has 2 aromatic carbocycles. The van der Waals surface area contributed by atoms with E-state index < -0.39 is 0 Å². The second-order valence-corrected chi connectivity index (χ2v) is 8.40. The first kappa shape index (κ1) is 27.3. The normalized spacial score (nSPS) is 16.5. The van der Waals surface area contributed by atoms with Gasteiger partial charge in [-0.25, -0.2) is 4.39 Å². The van der Waals surface area contributed by atoms with Crippen molar-refractivity contribution in [3.05, 3.63) is 65.5 Å². The fourth-order valence-corrected chi connectivity index (χ4v) is 4.21. The molecule has 1 aliphatic rings. The van der Waals surface area contributed by atoms with Crippen molar-refractivity contribution >= 4 is 29.9 Å². The maximum Gasteiger partial charge on any atom is 0.193 e. The summed E-state index contributed by atoms with van der Waals surface area (Å²) < 4.78 is 24.7. The van der Waals surface area contributed by atoms with Crippen molar-refractivity contribution in [3.8, 4) is 5.75 Å². The van der Waals surface area contributed by atoms with Crippen LogP contribution in [0.2, 0.25) is 0 Å². The Hall–Kier alpha value is -1.91. The van der Waals surface area contributed by atoms with Crippen LogP contribution >= 0.6 is 24.0 Å². The maximum absolute atomic E-state index is 14.1. The maximum atomic E-state index is 14.1. The van der Waals surface area contributed by atoms with Crippen molar-refractivity contribution in [2.24, 2.45) is 4.99 Å². The zero-order chi connectivity index (χ0) is 23.0. The molecule has 2 aromatic rings. The monoisotopic (exact) mass is 570 g/mol. The van der Waals surface area contributed by atoms with E-state index >= 15 is 0 Å². The van der Waals surface area contributed by atoms with E-state index in [0.717, 1.165) is 44.1 Å². The average Bonchev–Trinajstić information content (AvgIpc) is 2.81. The number of rotatable bonds is 8. The van der Waals surface area contributed by atoms with Gasteiger partial charge < -0.3 is 25.0 Å². The molecule has 2 N–H and O–H groups in total. The number of benzene rings is 2. The van der Waals surface area contributed by atoms with E-state index in [0.29, 0.717) is 6.54 Å². The molecular weight excluding hydrogens is 534 g/mol. The number of hydrogen-bond donors (Lipinski definition) is 2. The summed E-state index contributed by atoms with van der Waals surface area (Å²) in [7, 11) is 5.19. The van der Waals surface area contributed by atoms with Crippen molar-refractivity contribution < 1.29 is 13.9 Å². The number of halogens is 2. The summed E-state index contributed by atoms with van der Waals surface area (Å²) in [6.45, 7) is 4.92. The van der Waals surface area contributed by atoms with Crippen LogP contribution in [0.5, 0.6) is 5.75 Å². The summed E-state index contributed by atoms with van der Waals surface area (Å²) in [5, 5.41) is 7.39. The minimum atomic E-state index is -0.360. The predicted octanol–water partition coefficient (Wildman–Crippen LogP) is 4.36. The minimum Gasteiger partial charge on any atom is -0.494 e. The van der Waals surface area contributed by atoms with Crippen LogP contribution in [0.15, 0.2) is 53.5 Å². The van der Waals surface area contributed by atoms with Crippen LogP contribution in [0.1, 0.15) is 36.9 Å². The molecule has 3 rings (SSSR count). The van der Waals surface area contributed by atoms with Crippen molar-refractivity contribution in [3.63, 3.8) is 0 Å². The molecule has 0 aliphatic carbocycles. The lowest BCUT2D eigenvalue weighted by Crippen LogP contribution is -2.58. The SMILES string of the molecule is CN=C(NCC1(NC(C)c2ccccc2)CCOCC1)N(C)Cc1ccc(OC)c(F)c1.I. The molecule has 0 aromatic heterocycles. The van der Waals surface area contributed by atoms with Gasteiger partial charge in [0.1, 0.15) is 0 Å². The Balaban J connectivity index is 0.00000385. The smallest absolute Gasteiger partial charge is 0.193 e. The molecule has 1 heterocycles. The molecule has 0 amide bonds. The number of guanidine groups is 1. The molecule has 0 saturated carbocycles. The van der Waals surface area contributed by atoms with Crippen LogP contribution in [-0.4, -0.2) is 57.4 Å². The largest absolute Gasteiger partial charge is 0.494 e. The van der Waals surface area contributed by atoms with Crippen LogP contribution in [0.25, 0.3) is 0 Å². The Bertz CT molecular complexity index is 891. The van der Waals surface area contributed by atoms with E-state index in [1.54, 1.807) is 13.1 Å². The Kier molecular flexibility index (Phi) is 10.9. The van der Waals surface area contributed by atoms with Crippen LogP contribution < -0.4 is 15.4 Å². The molecular formula is C25H36FIN4O2. The van der Waals surface area contributed by atoms with Gasteiger partial charge in [-0.3, -0.25) is 4.99 Å². The minimum absolute atomic E-state index is 0. The number of aliphatic imine (C=N–C) groups is 1. The third-order valence-electron chi connectivity index (χ3n) is 6.07. The fourth-order valence-electron chi connectivity index (χ4n) is 4.21. The third kappa shape index (κ3) is 7.55. The van der Waals surface area contributed by atoms with Crippen molar-refractivity contribution in [2.45, 2.75) is 37.9 Å². The lowest BCUT2D eigenvalue weighted by molar-refractivity contribution is 0.0353. The predicted molar refractivity (Wildman–Crippen MR) is 142 cm³/mol. The van der Waals surface area contributed by atoms with Gasteiger partial charge in [-0.1, -0.05) is 36.4 Å². The Morgan fingerprint density at radius 2 is 1.91 bits per heavy atom. The summed E-state index contributed by atoms with van der Waals surface area (Å²) >= 11 is 0. The molecule has 8 heteroatoms. The zero-order valence-corrected chi connectivity index (χ0v) is 22.3. The van der Waals surface area contributed by atoms with Gasteiger partial charge in [0, 0.05) is 52.0 Å². The first-order valence-electron chi connectivity index (χ1n) is 11.1. The Morgan fingerprint density at radius 1 is 1.21 bits per heavy atom. The molecule has 0 bridgehead atoms. The van der Waals surface area contributed by atoms with E-state index in [9.17, 15) is 4.39 Å². The van der Waals surface area contributed by atoms with Gasteiger partial charge in [0.05, 0.1) is 7.11 Å². The number of nitrogens with zero attached hydrogens (tertiary/aromatic N) is 2. The number of methoxy groups -OCH3 is 1. The second-order valence-electron chi connectivity index (χ2n) is 8.40. The summed E-state index contributed by atoms with van der Waals surface area (Å²) in [4.78, 5) is 6.44. The van der Waals surface area contributed by atoms with Gasteiger partial charge >= 0.3 is 0 Å². The van der Waals surface area contributed by atoms with Crippen LogP contribution in [0.4, 0.5) is 4.39 Å². The highest BCUT2D eigenvalue weighted by atomic mass is 127. The zero-order valence-electron chi connectivity index (χ0n) is 19.9. The van der Waals surface area contributed by atoms with Gasteiger partial charge in [-0.05, 0) is 43.0 Å². The molecule has 0 spiro atoms. The quantitative estimate of drug-likeness (QED) is 0.281. The number of hydrogen-bond acceptors (Lipinski definition) is 4. The number of ether oxygens (including phenoxy) is 2. The highest BCUT2D eigenvalue weighted by Gasteiger charge is 2.34. The van der Waals surface area contributed by atoms with E-state index in [4.69, 9.17) is 9.47 Å². The van der Waals surface area contributed by atoms with Gasteiger partial charge in [0.2, 0.25) is 0 Å². The Morgan fingerprint density at radius 3 is 2.52 bits per heavy atom. The molecule has 0 radical (unpaired) electrons. The van der Waals surface area contributed by atoms with Crippen LogP contribution in [0.3, 0.4) is 0 Å². The lowest BCUT2D eigenvalue weighted by Gasteiger charge is -2.41. The van der Waals surface area contributed by atoms with E-state index in [1.165, 1.54) is 18.7 Å². The van der Waals surface area contributed by atoms with Gasteiger partial charge in [0.25, 0.3) is 0 Å². The molecule has 1 atom stereocenters. The lowest BCUT2D eigenvalue weighted by atomic mass is 9.88. The topological polar surface area (TPSA) is 58.1 Å². The molecule has 1 fully saturated rings. The van der Waals surface area contributed by atoms with Gasteiger partial charge in [-0.2, -0.15) is 0 Å². The molecule has 1 unspecified atom stereocenters. The van der Waals surface area contributed by atoms with E-state index in [2.05, 4.69) is 46.8 Å².